The minimum atomic E-state index is -3.59. The molecule has 7 heteroatoms. The first-order chi connectivity index (χ1) is 8.37. The van der Waals surface area contributed by atoms with Crippen molar-refractivity contribution in [3.63, 3.8) is 0 Å². The number of sulfonamides is 1. The molecule has 0 radical (unpaired) electrons. The summed E-state index contributed by atoms with van der Waals surface area (Å²) in [6.45, 7) is 0.0844. The molecule has 0 fully saturated rings. The highest BCUT2D eigenvalue weighted by Crippen LogP contribution is 2.19. The van der Waals surface area contributed by atoms with E-state index in [-0.39, 0.29) is 18.0 Å². The van der Waals surface area contributed by atoms with Gasteiger partial charge in [-0.25, -0.2) is 8.42 Å². The van der Waals surface area contributed by atoms with Crippen molar-refractivity contribution in [1.82, 2.24) is 4.31 Å². The summed E-state index contributed by atoms with van der Waals surface area (Å²) < 4.78 is 30.9. The molecule has 1 aromatic carbocycles. The van der Waals surface area contributed by atoms with Gasteiger partial charge in [0.2, 0.25) is 10.0 Å². The lowest BCUT2D eigenvalue weighted by Crippen LogP contribution is -2.36. The number of halogens is 1. The normalized spacial score (nSPS) is 13.8. The number of likely N-dealkylation sites (N-methyl/N-ethyl adjacent to an activating group) is 1. The molecule has 1 rings (SSSR count). The maximum Gasteiger partial charge on any atom is 0.242 e. The van der Waals surface area contributed by atoms with Crippen LogP contribution in [0.25, 0.3) is 0 Å². The van der Waals surface area contributed by atoms with Gasteiger partial charge in [-0.1, -0.05) is 22.0 Å². The van der Waals surface area contributed by atoms with Crippen molar-refractivity contribution in [3.05, 3.63) is 28.7 Å². The Morgan fingerprint density at radius 1 is 1.50 bits per heavy atom. The first-order valence-electron chi connectivity index (χ1n) is 5.27. The second-order valence-corrected chi connectivity index (χ2v) is 6.81. The molecule has 18 heavy (non-hydrogen) atoms. The lowest BCUT2D eigenvalue weighted by Gasteiger charge is -2.20. The van der Waals surface area contributed by atoms with Gasteiger partial charge < -0.3 is 9.84 Å². The van der Waals surface area contributed by atoms with Gasteiger partial charge in [-0.2, -0.15) is 4.31 Å². The molecule has 0 bridgehead atoms. The Morgan fingerprint density at radius 2 is 2.17 bits per heavy atom. The minimum Gasteiger partial charge on any atom is -0.389 e. The van der Waals surface area contributed by atoms with Crippen molar-refractivity contribution >= 4 is 26.0 Å². The van der Waals surface area contributed by atoms with E-state index in [0.717, 1.165) is 4.31 Å². The number of benzene rings is 1. The Balaban J connectivity index is 2.86. The molecule has 1 N–H and O–H groups in total. The van der Waals surface area contributed by atoms with Crippen LogP contribution in [-0.4, -0.2) is 51.2 Å². The molecule has 0 aromatic heterocycles. The Morgan fingerprint density at radius 3 is 2.72 bits per heavy atom. The van der Waals surface area contributed by atoms with Gasteiger partial charge in [-0.05, 0) is 18.2 Å². The van der Waals surface area contributed by atoms with Crippen molar-refractivity contribution < 1.29 is 18.3 Å². The van der Waals surface area contributed by atoms with Gasteiger partial charge in [0.05, 0.1) is 17.6 Å². The molecule has 102 valence electrons. The average Bonchev–Trinajstić information content (AvgIpc) is 2.29. The van der Waals surface area contributed by atoms with Crippen LogP contribution in [0.5, 0.6) is 0 Å². The number of aliphatic hydroxyl groups is 1. The van der Waals surface area contributed by atoms with Gasteiger partial charge in [0.25, 0.3) is 0 Å². The van der Waals surface area contributed by atoms with Crippen molar-refractivity contribution in [2.24, 2.45) is 0 Å². The number of hydrogen-bond donors (Lipinski definition) is 1. The number of aliphatic hydroxyl groups excluding tert-OH is 1. The zero-order valence-corrected chi connectivity index (χ0v) is 12.6. The Kier molecular flexibility index (Phi) is 5.74. The van der Waals surface area contributed by atoms with Crippen molar-refractivity contribution in [1.29, 1.82) is 0 Å². The van der Waals surface area contributed by atoms with E-state index < -0.39 is 16.1 Å². The molecule has 0 amide bonds. The molecule has 0 aliphatic rings. The third kappa shape index (κ3) is 4.03. The molecule has 1 atom stereocenters. The Bertz CT molecular complexity index is 492. The van der Waals surface area contributed by atoms with Crippen LogP contribution in [0, 0.1) is 0 Å². The molecular weight excluding hydrogens is 322 g/mol. The summed E-state index contributed by atoms with van der Waals surface area (Å²) in [6.07, 6.45) is -0.845. The van der Waals surface area contributed by atoms with Crippen LogP contribution < -0.4 is 0 Å². The standard InChI is InChI=1S/C11H16BrNO4S/c1-13(7-10(14)8-17-2)18(15,16)11-5-3-4-9(12)6-11/h3-6,10,14H,7-8H2,1-2H3. The number of methoxy groups -OCH3 is 1. The molecule has 0 aliphatic heterocycles. The van der Waals surface area contributed by atoms with Crippen LogP contribution in [0.2, 0.25) is 0 Å². The van der Waals surface area contributed by atoms with Gasteiger partial charge in [-0.3, -0.25) is 0 Å². The molecule has 5 nitrogen and oxygen atoms in total. The van der Waals surface area contributed by atoms with Gasteiger partial charge in [0.15, 0.2) is 0 Å². The maximum absolute atomic E-state index is 12.2. The number of ether oxygens (including phenoxy) is 1. The largest absolute Gasteiger partial charge is 0.389 e. The molecule has 1 aromatic rings. The summed E-state index contributed by atoms with van der Waals surface area (Å²) in [5.74, 6) is 0. The number of rotatable bonds is 6. The average molecular weight is 338 g/mol. The maximum atomic E-state index is 12.2. The molecule has 0 spiro atoms. The van der Waals surface area contributed by atoms with Gasteiger partial charge in [0.1, 0.15) is 0 Å². The topological polar surface area (TPSA) is 66.8 Å². The van der Waals surface area contributed by atoms with Gasteiger partial charge >= 0.3 is 0 Å². The monoisotopic (exact) mass is 337 g/mol. The van der Waals surface area contributed by atoms with E-state index in [1.54, 1.807) is 12.1 Å². The van der Waals surface area contributed by atoms with E-state index in [4.69, 9.17) is 4.74 Å². The smallest absolute Gasteiger partial charge is 0.242 e. The van der Waals surface area contributed by atoms with Crippen molar-refractivity contribution in [2.75, 3.05) is 27.3 Å². The zero-order valence-electron chi connectivity index (χ0n) is 10.2. The lowest BCUT2D eigenvalue weighted by atomic mass is 10.4. The van der Waals surface area contributed by atoms with Crippen molar-refractivity contribution in [3.8, 4) is 0 Å². The molecule has 0 saturated carbocycles. The van der Waals surface area contributed by atoms with Crippen LogP contribution >= 0.6 is 15.9 Å². The SMILES string of the molecule is COCC(O)CN(C)S(=O)(=O)c1cccc(Br)c1. The highest BCUT2D eigenvalue weighted by atomic mass is 79.9. The number of hydrogen-bond acceptors (Lipinski definition) is 4. The van der Waals surface area contributed by atoms with E-state index in [9.17, 15) is 13.5 Å². The first-order valence-corrected chi connectivity index (χ1v) is 7.50. The summed E-state index contributed by atoms with van der Waals surface area (Å²) in [5.41, 5.74) is 0. The van der Waals surface area contributed by atoms with E-state index in [1.165, 1.54) is 26.3 Å². The zero-order chi connectivity index (χ0) is 13.8. The highest BCUT2D eigenvalue weighted by Gasteiger charge is 2.23. The second-order valence-electron chi connectivity index (χ2n) is 3.85. The number of nitrogens with zero attached hydrogens (tertiary/aromatic N) is 1. The fourth-order valence-corrected chi connectivity index (χ4v) is 3.25. The third-order valence-corrected chi connectivity index (χ3v) is 4.64. The fourth-order valence-electron chi connectivity index (χ4n) is 1.45. The molecular formula is C11H16BrNO4S. The van der Waals surface area contributed by atoms with Crippen LogP contribution in [0.3, 0.4) is 0 Å². The van der Waals surface area contributed by atoms with Crippen LogP contribution in [-0.2, 0) is 14.8 Å². The van der Waals surface area contributed by atoms with E-state index in [0.29, 0.717) is 4.47 Å². The predicted octanol–water partition coefficient (Wildman–Crippen LogP) is 1.08. The Hall–Kier alpha value is -0.470. The van der Waals surface area contributed by atoms with Gasteiger partial charge in [-0.15, -0.1) is 0 Å². The molecule has 0 heterocycles. The summed E-state index contributed by atoms with van der Waals surface area (Å²) in [5, 5.41) is 9.54. The first kappa shape index (κ1) is 15.6. The van der Waals surface area contributed by atoms with Crippen LogP contribution in [0.4, 0.5) is 0 Å². The summed E-state index contributed by atoms with van der Waals surface area (Å²) in [4.78, 5) is 0.184. The quantitative estimate of drug-likeness (QED) is 0.843. The summed E-state index contributed by atoms with van der Waals surface area (Å²) in [6, 6.07) is 6.43. The van der Waals surface area contributed by atoms with Crippen molar-refractivity contribution in [2.45, 2.75) is 11.0 Å². The van der Waals surface area contributed by atoms with Crippen LogP contribution in [0.1, 0.15) is 0 Å². The van der Waals surface area contributed by atoms with Gasteiger partial charge in [0, 0.05) is 25.2 Å². The Labute approximate surface area is 116 Å². The summed E-state index contributed by atoms with van der Waals surface area (Å²) in [7, 11) is -0.711. The lowest BCUT2D eigenvalue weighted by molar-refractivity contribution is 0.0554. The molecule has 0 aliphatic carbocycles. The molecule has 1 unspecified atom stereocenters. The second kappa shape index (κ2) is 6.63. The van der Waals surface area contributed by atoms with Crippen LogP contribution in [0.15, 0.2) is 33.6 Å². The van der Waals surface area contributed by atoms with E-state index in [2.05, 4.69) is 15.9 Å². The van der Waals surface area contributed by atoms with E-state index in [1.807, 2.05) is 0 Å². The molecule has 0 saturated heterocycles. The third-order valence-electron chi connectivity index (χ3n) is 2.33. The minimum absolute atomic E-state index is 0.0112. The predicted molar refractivity (Wildman–Crippen MR) is 71.8 cm³/mol. The highest BCUT2D eigenvalue weighted by molar-refractivity contribution is 9.10. The fraction of sp³-hybridized carbons (Fsp3) is 0.455. The van der Waals surface area contributed by atoms with E-state index >= 15 is 0 Å². The summed E-state index contributed by atoms with van der Waals surface area (Å²) >= 11 is 3.23.